The zero-order valence-corrected chi connectivity index (χ0v) is 24.3. The number of hydrogen-bond donors (Lipinski definition) is 3. The first-order valence-corrected chi connectivity index (χ1v) is 14.5. The molecule has 1 fully saturated rings. The van der Waals surface area contributed by atoms with Gasteiger partial charge in [0.2, 0.25) is 5.95 Å². The molecule has 2 amide bonds. The van der Waals surface area contributed by atoms with E-state index in [1.54, 1.807) is 0 Å². The monoisotopic (exact) mass is 626 g/mol. The van der Waals surface area contributed by atoms with Gasteiger partial charge in [-0.25, -0.2) is 9.97 Å². The molecule has 3 N–H and O–H groups in total. The zero-order chi connectivity index (χ0) is 31.1. The summed E-state index contributed by atoms with van der Waals surface area (Å²) in [6, 6.07) is 8.37. The molecule has 2 aromatic carbocycles. The number of hydrogen-bond acceptors (Lipinski definition) is 7. The third-order valence-corrected chi connectivity index (χ3v) is 7.39. The quantitative estimate of drug-likeness (QED) is 0.229. The van der Waals surface area contributed by atoms with E-state index in [9.17, 15) is 22.8 Å². The minimum absolute atomic E-state index is 0.161. The van der Waals surface area contributed by atoms with Crippen LogP contribution < -0.4 is 16.0 Å². The fourth-order valence-electron chi connectivity index (χ4n) is 4.76. The van der Waals surface area contributed by atoms with E-state index < -0.39 is 23.6 Å². The number of aromatic nitrogens is 2. The molecule has 0 saturated carbocycles. The number of benzene rings is 2. The topological polar surface area (TPSA) is 108 Å². The lowest BCUT2D eigenvalue weighted by molar-refractivity contribution is -0.137. The molecule has 2 aliphatic rings. The summed E-state index contributed by atoms with van der Waals surface area (Å²) in [6.07, 6.45) is 6.21. The highest BCUT2D eigenvalue weighted by molar-refractivity contribution is 6.34. The highest BCUT2D eigenvalue weighted by Gasteiger charge is 2.31. The zero-order valence-electron chi connectivity index (χ0n) is 23.6. The summed E-state index contributed by atoms with van der Waals surface area (Å²) < 4.78 is 45.0. The number of amides is 2. The third-order valence-electron chi connectivity index (χ3n) is 7.06. The highest BCUT2D eigenvalue weighted by atomic mass is 35.5. The van der Waals surface area contributed by atoms with E-state index in [2.05, 4.69) is 36.9 Å². The Hall–Kier alpha value is -4.42. The van der Waals surface area contributed by atoms with Crippen LogP contribution in [0.5, 0.6) is 0 Å². The van der Waals surface area contributed by atoms with Crippen molar-refractivity contribution in [2.45, 2.75) is 31.9 Å². The van der Waals surface area contributed by atoms with Crippen LogP contribution in [0.1, 0.15) is 52.0 Å². The van der Waals surface area contributed by atoms with E-state index >= 15 is 0 Å². The molecule has 3 aromatic rings. The van der Waals surface area contributed by atoms with Gasteiger partial charge in [-0.15, -0.1) is 0 Å². The lowest BCUT2D eigenvalue weighted by Crippen LogP contribution is -2.24. The van der Waals surface area contributed by atoms with Gasteiger partial charge in [-0.2, -0.15) is 13.2 Å². The van der Waals surface area contributed by atoms with E-state index in [0.29, 0.717) is 12.6 Å². The number of allylic oxidation sites excluding steroid dienone is 3. The molecule has 0 atom stereocenters. The van der Waals surface area contributed by atoms with Crippen molar-refractivity contribution in [1.82, 2.24) is 14.9 Å². The summed E-state index contributed by atoms with van der Waals surface area (Å²) in [5.41, 5.74) is 0.346. The minimum atomic E-state index is -4.58. The predicted octanol–water partition coefficient (Wildman–Crippen LogP) is 6.74. The molecule has 44 heavy (non-hydrogen) atoms. The summed E-state index contributed by atoms with van der Waals surface area (Å²) in [5.74, 6) is -0.174. The smallest absolute Gasteiger partial charge is 0.416 e. The van der Waals surface area contributed by atoms with Gasteiger partial charge < -0.3 is 20.7 Å². The molecule has 9 nitrogen and oxygen atoms in total. The van der Waals surface area contributed by atoms with Crippen molar-refractivity contribution in [3.8, 4) is 0 Å². The predicted molar refractivity (Wildman–Crippen MR) is 161 cm³/mol. The maximum Gasteiger partial charge on any atom is 0.416 e. The average Bonchev–Trinajstić information content (AvgIpc) is 3.53. The van der Waals surface area contributed by atoms with Crippen LogP contribution in [0.2, 0.25) is 5.02 Å². The van der Waals surface area contributed by atoms with Gasteiger partial charge in [-0.3, -0.25) is 14.5 Å². The average molecular weight is 627 g/mol. The van der Waals surface area contributed by atoms with Crippen LogP contribution in [0, 0.1) is 0 Å². The van der Waals surface area contributed by atoms with Crippen LogP contribution in [0.3, 0.4) is 0 Å². The molecule has 5 rings (SSSR count). The lowest BCUT2D eigenvalue weighted by atomic mass is 10.1. The van der Waals surface area contributed by atoms with E-state index in [4.69, 9.17) is 16.3 Å². The lowest BCUT2D eigenvalue weighted by Gasteiger charge is -2.18. The molecule has 2 heterocycles. The highest BCUT2D eigenvalue weighted by Crippen LogP contribution is 2.30. The molecule has 0 spiro atoms. The van der Waals surface area contributed by atoms with Crippen LogP contribution in [0.25, 0.3) is 0 Å². The van der Waals surface area contributed by atoms with Crippen molar-refractivity contribution in [1.29, 1.82) is 0 Å². The SMILES string of the molecule is O=C(Nc1ccc(Cl)c(NC(=O)c2cnc(NC3=CC(OCCN4CCCC4)=CCC3)nc2)c1)c1cccc(C(F)(F)F)c1. The summed E-state index contributed by atoms with van der Waals surface area (Å²) in [7, 11) is 0. The summed E-state index contributed by atoms with van der Waals surface area (Å²) in [4.78, 5) is 36.4. The number of nitrogens with one attached hydrogen (secondary N) is 3. The second-order valence-corrected chi connectivity index (χ2v) is 10.7. The standard InChI is InChI=1S/C31H30ClF3N6O3/c32-26-10-9-24(38-28(42)20-5-3-6-22(15-20)31(33,34)35)17-27(26)40-29(43)21-18-36-30(37-19-21)39-23-7-4-8-25(16-23)44-14-13-41-11-1-2-12-41/h3,5-6,8-10,15-19H,1-2,4,7,11-14H2,(H,38,42)(H,40,43)(H,36,37,39). The number of halogens is 4. The number of likely N-dealkylation sites (tertiary alicyclic amines) is 1. The normalized spacial score (nSPS) is 15.3. The van der Waals surface area contributed by atoms with Crippen LogP contribution in [-0.2, 0) is 10.9 Å². The van der Waals surface area contributed by atoms with Crippen molar-refractivity contribution in [2.24, 2.45) is 0 Å². The molecular weight excluding hydrogens is 597 g/mol. The first-order chi connectivity index (χ1) is 21.1. The Balaban J connectivity index is 1.16. The Bertz CT molecular complexity index is 1570. The first kappa shape index (κ1) is 31.0. The molecule has 230 valence electrons. The Morgan fingerprint density at radius 2 is 1.73 bits per heavy atom. The molecule has 0 radical (unpaired) electrons. The fourth-order valence-corrected chi connectivity index (χ4v) is 4.92. The van der Waals surface area contributed by atoms with Crippen molar-refractivity contribution >= 4 is 40.7 Å². The van der Waals surface area contributed by atoms with Crippen LogP contribution in [0.15, 0.2) is 78.5 Å². The molecule has 1 aromatic heterocycles. The Kier molecular flexibility index (Phi) is 9.81. The molecule has 0 bridgehead atoms. The summed E-state index contributed by atoms with van der Waals surface area (Å²) in [6.45, 7) is 3.79. The van der Waals surface area contributed by atoms with Crippen molar-refractivity contribution in [3.63, 3.8) is 0 Å². The van der Waals surface area contributed by atoms with Crippen LogP contribution >= 0.6 is 11.6 Å². The Morgan fingerprint density at radius 3 is 2.48 bits per heavy atom. The molecule has 0 unspecified atom stereocenters. The van der Waals surface area contributed by atoms with Gasteiger partial charge >= 0.3 is 6.18 Å². The van der Waals surface area contributed by atoms with Gasteiger partial charge in [0.1, 0.15) is 12.4 Å². The largest absolute Gasteiger partial charge is 0.493 e. The number of anilines is 3. The van der Waals surface area contributed by atoms with E-state index in [0.717, 1.165) is 62.1 Å². The number of alkyl halides is 3. The van der Waals surface area contributed by atoms with Crippen LogP contribution in [0.4, 0.5) is 30.5 Å². The molecule has 1 aliphatic carbocycles. The Labute approximate surface area is 257 Å². The van der Waals surface area contributed by atoms with E-state index in [1.165, 1.54) is 49.5 Å². The molecule has 1 saturated heterocycles. The molecular formula is C31H30ClF3N6O3. The molecule has 1 aliphatic heterocycles. The number of ether oxygens (including phenoxy) is 1. The van der Waals surface area contributed by atoms with E-state index in [-0.39, 0.29) is 27.5 Å². The second-order valence-electron chi connectivity index (χ2n) is 10.3. The van der Waals surface area contributed by atoms with Gasteiger partial charge in [0.05, 0.1) is 21.8 Å². The van der Waals surface area contributed by atoms with Gasteiger partial charge in [0.25, 0.3) is 11.8 Å². The van der Waals surface area contributed by atoms with Crippen molar-refractivity contribution < 1.29 is 27.5 Å². The summed E-state index contributed by atoms with van der Waals surface area (Å²) in [5, 5.41) is 8.52. The fraction of sp³-hybridized carbons (Fsp3) is 0.290. The third kappa shape index (κ3) is 8.35. The number of rotatable bonds is 10. The number of carbonyl (C=O) groups excluding carboxylic acids is 2. The minimum Gasteiger partial charge on any atom is -0.493 e. The number of carbonyl (C=O) groups is 2. The van der Waals surface area contributed by atoms with Crippen molar-refractivity contribution in [3.05, 3.63) is 100 Å². The number of nitrogens with zero attached hydrogens (tertiary/aromatic N) is 3. The van der Waals surface area contributed by atoms with Crippen LogP contribution in [-0.4, -0.2) is 52.9 Å². The molecule has 13 heteroatoms. The van der Waals surface area contributed by atoms with Crippen molar-refractivity contribution in [2.75, 3.05) is 42.2 Å². The maximum absolute atomic E-state index is 13.0. The van der Waals surface area contributed by atoms with Gasteiger partial charge in [-0.05, 0) is 87.3 Å². The summed E-state index contributed by atoms with van der Waals surface area (Å²) >= 11 is 6.25. The van der Waals surface area contributed by atoms with Gasteiger partial charge in [-0.1, -0.05) is 17.7 Å². The second kappa shape index (κ2) is 13.9. The van der Waals surface area contributed by atoms with E-state index in [1.807, 2.05) is 6.08 Å². The van der Waals surface area contributed by atoms with Gasteiger partial charge in [0.15, 0.2) is 0 Å². The first-order valence-electron chi connectivity index (χ1n) is 14.1. The Morgan fingerprint density at radius 1 is 0.977 bits per heavy atom. The maximum atomic E-state index is 13.0. The van der Waals surface area contributed by atoms with Gasteiger partial charge in [0, 0.05) is 35.9 Å².